The maximum atomic E-state index is 12.6. The fourth-order valence-electron chi connectivity index (χ4n) is 3.06. The molecule has 0 saturated carbocycles. The van der Waals surface area contributed by atoms with Crippen molar-refractivity contribution < 1.29 is 23.8 Å². The third-order valence-corrected chi connectivity index (χ3v) is 5.66. The molecular weight excluding hydrogens is 354 g/mol. The summed E-state index contributed by atoms with van der Waals surface area (Å²) in [7, 11) is 4.66. The van der Waals surface area contributed by atoms with E-state index < -0.39 is 0 Å². The number of nitrogens with zero attached hydrogens (tertiary/aromatic N) is 1. The number of hydrogen-bond donors (Lipinski definition) is 0. The number of rotatable bonds is 9. The molecule has 0 bridgehead atoms. The van der Waals surface area contributed by atoms with Gasteiger partial charge in [0.25, 0.3) is 0 Å². The number of carbonyl (C=O) groups excluding carboxylic acids is 2. The predicted octanol–water partition coefficient (Wildman–Crippen LogP) is 3.40. The zero-order chi connectivity index (χ0) is 18.9. The number of thioether (sulfide) groups is 1. The zero-order valence-corrected chi connectivity index (χ0v) is 16.5. The fraction of sp³-hybridized carbons (Fsp3) is 0.579. The van der Waals surface area contributed by atoms with Crippen LogP contribution in [0.15, 0.2) is 18.2 Å². The van der Waals surface area contributed by atoms with Crippen molar-refractivity contribution in [1.29, 1.82) is 0 Å². The Morgan fingerprint density at radius 2 is 1.85 bits per heavy atom. The average Bonchev–Trinajstić information content (AvgIpc) is 2.67. The lowest BCUT2D eigenvalue weighted by atomic mass is 10.1. The van der Waals surface area contributed by atoms with Crippen molar-refractivity contribution in [3.8, 4) is 11.5 Å². The van der Waals surface area contributed by atoms with Crippen molar-refractivity contribution in [3.05, 3.63) is 23.8 Å². The quantitative estimate of drug-likeness (QED) is 0.482. The molecule has 1 aliphatic heterocycles. The number of unbranched alkanes of at least 4 members (excludes halogenated alkanes) is 2. The van der Waals surface area contributed by atoms with Gasteiger partial charge in [-0.05, 0) is 25.0 Å². The molecule has 1 aromatic carbocycles. The van der Waals surface area contributed by atoms with Gasteiger partial charge in [0.2, 0.25) is 5.91 Å². The minimum absolute atomic E-state index is 0.122. The molecule has 1 aromatic rings. The SMILES string of the molecule is COC(=O)CCCCCN1C(=O)CCSC1c1c(OC)cccc1OC. The van der Waals surface area contributed by atoms with E-state index in [1.54, 1.807) is 26.0 Å². The van der Waals surface area contributed by atoms with Crippen LogP contribution in [0.1, 0.15) is 43.0 Å². The molecule has 0 aromatic heterocycles. The first kappa shape index (κ1) is 20.4. The summed E-state index contributed by atoms with van der Waals surface area (Å²) in [5, 5.41) is -0.122. The largest absolute Gasteiger partial charge is 0.496 e. The van der Waals surface area contributed by atoms with E-state index in [0.29, 0.717) is 19.4 Å². The van der Waals surface area contributed by atoms with Gasteiger partial charge in [0.15, 0.2) is 0 Å². The van der Waals surface area contributed by atoms with E-state index in [-0.39, 0.29) is 17.3 Å². The number of benzene rings is 1. The molecule has 1 fully saturated rings. The summed E-state index contributed by atoms with van der Waals surface area (Å²) < 4.78 is 15.7. The Balaban J connectivity index is 2.09. The van der Waals surface area contributed by atoms with E-state index in [9.17, 15) is 9.59 Å². The summed E-state index contributed by atoms with van der Waals surface area (Å²) in [5.74, 6) is 2.20. The molecule has 0 aliphatic carbocycles. The molecule has 6 nitrogen and oxygen atoms in total. The van der Waals surface area contributed by atoms with Gasteiger partial charge in [-0.25, -0.2) is 0 Å². The fourth-order valence-corrected chi connectivity index (χ4v) is 4.37. The Bertz CT molecular complexity index is 600. The van der Waals surface area contributed by atoms with Gasteiger partial charge in [0.05, 0.1) is 26.9 Å². The van der Waals surface area contributed by atoms with Gasteiger partial charge in [0, 0.05) is 25.1 Å². The summed E-state index contributed by atoms with van der Waals surface area (Å²) in [6.07, 6.45) is 3.45. The maximum Gasteiger partial charge on any atom is 0.305 e. The third-order valence-electron chi connectivity index (χ3n) is 4.42. The van der Waals surface area contributed by atoms with E-state index >= 15 is 0 Å². The highest BCUT2D eigenvalue weighted by Gasteiger charge is 2.33. The van der Waals surface area contributed by atoms with Crippen LogP contribution in [0.4, 0.5) is 0 Å². The third kappa shape index (κ3) is 5.06. The van der Waals surface area contributed by atoms with E-state index in [1.807, 2.05) is 23.1 Å². The molecule has 1 atom stereocenters. The van der Waals surface area contributed by atoms with E-state index in [4.69, 9.17) is 9.47 Å². The van der Waals surface area contributed by atoms with Crippen LogP contribution >= 0.6 is 11.8 Å². The van der Waals surface area contributed by atoms with Crippen LogP contribution in [0.25, 0.3) is 0 Å². The van der Waals surface area contributed by atoms with Gasteiger partial charge in [0.1, 0.15) is 16.9 Å². The lowest BCUT2D eigenvalue weighted by Crippen LogP contribution is -2.38. The van der Waals surface area contributed by atoms with Gasteiger partial charge in [-0.1, -0.05) is 12.5 Å². The van der Waals surface area contributed by atoms with Gasteiger partial charge < -0.3 is 19.1 Å². The van der Waals surface area contributed by atoms with Crippen LogP contribution in [0.5, 0.6) is 11.5 Å². The van der Waals surface area contributed by atoms with Crippen molar-refractivity contribution in [3.63, 3.8) is 0 Å². The molecule has 1 amide bonds. The second-order valence-corrected chi connectivity index (χ2v) is 7.21. The molecule has 1 aliphatic rings. The number of methoxy groups -OCH3 is 3. The highest BCUT2D eigenvalue weighted by Crippen LogP contribution is 2.45. The molecule has 0 radical (unpaired) electrons. The van der Waals surface area contributed by atoms with Crippen LogP contribution in [0.3, 0.4) is 0 Å². The van der Waals surface area contributed by atoms with Crippen LogP contribution in [-0.4, -0.2) is 50.4 Å². The van der Waals surface area contributed by atoms with Crippen LogP contribution in [0.2, 0.25) is 0 Å². The van der Waals surface area contributed by atoms with E-state index in [1.165, 1.54) is 7.11 Å². The predicted molar refractivity (Wildman–Crippen MR) is 102 cm³/mol. The minimum Gasteiger partial charge on any atom is -0.496 e. The van der Waals surface area contributed by atoms with Crippen LogP contribution < -0.4 is 9.47 Å². The summed E-state index contributed by atoms with van der Waals surface area (Å²) in [6.45, 7) is 0.652. The van der Waals surface area contributed by atoms with Gasteiger partial charge in [-0.15, -0.1) is 11.8 Å². The molecular formula is C19H27NO5S. The molecule has 144 valence electrons. The number of hydrogen-bond acceptors (Lipinski definition) is 6. The number of ether oxygens (including phenoxy) is 3. The average molecular weight is 381 g/mol. The molecule has 1 saturated heterocycles. The highest BCUT2D eigenvalue weighted by molar-refractivity contribution is 7.99. The summed E-state index contributed by atoms with van der Waals surface area (Å²) in [5.41, 5.74) is 0.908. The highest BCUT2D eigenvalue weighted by atomic mass is 32.2. The molecule has 0 spiro atoms. The molecule has 0 N–H and O–H groups in total. The summed E-state index contributed by atoms with van der Waals surface area (Å²) in [6, 6.07) is 5.67. The van der Waals surface area contributed by atoms with Crippen molar-refractivity contribution in [1.82, 2.24) is 4.90 Å². The maximum absolute atomic E-state index is 12.6. The Kier molecular flexibility index (Phi) is 8.09. The molecule has 2 rings (SSSR count). The molecule has 1 heterocycles. The Labute approximate surface area is 159 Å². The normalized spacial score (nSPS) is 17.1. The Morgan fingerprint density at radius 1 is 1.15 bits per heavy atom. The topological polar surface area (TPSA) is 65.1 Å². The van der Waals surface area contributed by atoms with Gasteiger partial charge in [-0.2, -0.15) is 0 Å². The van der Waals surface area contributed by atoms with Crippen molar-refractivity contribution in [2.45, 2.75) is 37.5 Å². The van der Waals surface area contributed by atoms with Crippen molar-refractivity contribution in [2.24, 2.45) is 0 Å². The Hall–Kier alpha value is -1.89. The second-order valence-electron chi connectivity index (χ2n) is 6.02. The van der Waals surface area contributed by atoms with E-state index in [2.05, 4.69) is 4.74 Å². The first-order valence-electron chi connectivity index (χ1n) is 8.81. The summed E-state index contributed by atoms with van der Waals surface area (Å²) >= 11 is 1.73. The first-order chi connectivity index (χ1) is 12.6. The summed E-state index contributed by atoms with van der Waals surface area (Å²) in [4.78, 5) is 25.7. The standard InChI is InChI=1S/C19H27NO5S/c1-23-14-8-7-9-15(24-2)18(14)19-20(16(21)11-13-26-19)12-6-4-5-10-17(22)25-3/h7-9,19H,4-6,10-13H2,1-3H3. The Morgan fingerprint density at radius 3 is 2.46 bits per heavy atom. The van der Waals surface area contributed by atoms with Crippen LogP contribution in [-0.2, 0) is 14.3 Å². The number of carbonyl (C=O) groups is 2. The van der Waals surface area contributed by atoms with Gasteiger partial charge in [-0.3, -0.25) is 9.59 Å². The lowest BCUT2D eigenvalue weighted by Gasteiger charge is -2.36. The smallest absolute Gasteiger partial charge is 0.305 e. The minimum atomic E-state index is -0.189. The molecule has 7 heteroatoms. The van der Waals surface area contributed by atoms with Crippen molar-refractivity contribution >= 4 is 23.6 Å². The van der Waals surface area contributed by atoms with Crippen molar-refractivity contribution in [2.75, 3.05) is 33.6 Å². The zero-order valence-electron chi connectivity index (χ0n) is 15.7. The number of amides is 1. The van der Waals surface area contributed by atoms with Gasteiger partial charge >= 0.3 is 5.97 Å². The molecule has 26 heavy (non-hydrogen) atoms. The van der Waals surface area contributed by atoms with E-state index in [0.717, 1.165) is 42.1 Å². The monoisotopic (exact) mass is 381 g/mol. The van der Waals surface area contributed by atoms with Crippen LogP contribution in [0, 0.1) is 0 Å². The number of esters is 1. The molecule has 1 unspecified atom stereocenters. The second kappa shape index (κ2) is 10.3. The lowest BCUT2D eigenvalue weighted by molar-refractivity contribution is -0.140. The first-order valence-corrected chi connectivity index (χ1v) is 9.86.